The van der Waals surface area contributed by atoms with Gasteiger partial charge in [-0.25, -0.2) is 0 Å². The Morgan fingerprint density at radius 2 is 1.80 bits per heavy atom. The van der Waals surface area contributed by atoms with Crippen LogP contribution < -0.4 is 4.90 Å². The van der Waals surface area contributed by atoms with Gasteiger partial charge >= 0.3 is 0 Å². The lowest BCUT2D eigenvalue weighted by Crippen LogP contribution is -2.41. The van der Waals surface area contributed by atoms with Crippen LogP contribution in [0.1, 0.15) is 26.7 Å². The van der Waals surface area contributed by atoms with Crippen LogP contribution in [-0.4, -0.2) is 12.6 Å². The van der Waals surface area contributed by atoms with Gasteiger partial charge in [0.05, 0.1) is 0 Å². The summed E-state index contributed by atoms with van der Waals surface area (Å²) < 4.78 is 0. The van der Waals surface area contributed by atoms with Gasteiger partial charge in [0.15, 0.2) is 0 Å². The fourth-order valence-electron chi connectivity index (χ4n) is 3.05. The molecule has 3 rings (SSSR count). The molecule has 1 heterocycles. The molecule has 0 aromatic heterocycles. The van der Waals surface area contributed by atoms with Crippen molar-refractivity contribution in [3.8, 4) is 11.1 Å². The Bertz CT molecular complexity index is 561. The van der Waals surface area contributed by atoms with E-state index in [9.17, 15) is 0 Å². The summed E-state index contributed by atoms with van der Waals surface area (Å²) in [6.07, 6.45) is 2.63. The van der Waals surface area contributed by atoms with Crippen LogP contribution in [0.2, 0.25) is 0 Å². The van der Waals surface area contributed by atoms with Crippen LogP contribution in [0.25, 0.3) is 11.1 Å². The zero-order valence-electron chi connectivity index (χ0n) is 12.3. The van der Waals surface area contributed by atoms with Gasteiger partial charge in [-0.3, -0.25) is 0 Å². The second kappa shape index (κ2) is 5.70. The van der Waals surface area contributed by atoms with Crippen molar-refractivity contribution in [1.29, 1.82) is 0 Å². The summed E-state index contributed by atoms with van der Waals surface area (Å²) in [5, 5.41) is 0. The van der Waals surface area contributed by atoms with Gasteiger partial charge in [0.1, 0.15) is 0 Å². The SMILES string of the molecule is CC1CCC(C)N(c2[c]ccc(-c3ccccc3)c2)C1. The van der Waals surface area contributed by atoms with Gasteiger partial charge in [0.2, 0.25) is 0 Å². The molecule has 1 radical (unpaired) electrons. The summed E-state index contributed by atoms with van der Waals surface area (Å²) in [5.41, 5.74) is 3.80. The summed E-state index contributed by atoms with van der Waals surface area (Å²) in [4.78, 5) is 2.51. The summed E-state index contributed by atoms with van der Waals surface area (Å²) in [7, 11) is 0. The maximum absolute atomic E-state index is 3.43. The quantitative estimate of drug-likeness (QED) is 0.754. The summed E-state index contributed by atoms with van der Waals surface area (Å²) in [5.74, 6) is 0.778. The third kappa shape index (κ3) is 2.72. The third-order valence-electron chi connectivity index (χ3n) is 4.32. The van der Waals surface area contributed by atoms with Gasteiger partial charge in [0, 0.05) is 24.3 Å². The Hall–Kier alpha value is -1.76. The Kier molecular flexibility index (Phi) is 3.77. The van der Waals surface area contributed by atoms with Gasteiger partial charge in [-0.2, -0.15) is 0 Å². The lowest BCUT2D eigenvalue weighted by Gasteiger charge is -2.38. The second-order valence-corrected chi connectivity index (χ2v) is 6.01. The zero-order valence-corrected chi connectivity index (χ0v) is 12.3. The number of rotatable bonds is 2. The predicted octanol–water partition coefficient (Wildman–Crippen LogP) is 4.78. The second-order valence-electron chi connectivity index (χ2n) is 6.01. The minimum Gasteiger partial charge on any atom is -0.368 e. The highest BCUT2D eigenvalue weighted by atomic mass is 15.2. The standard InChI is InChI=1S/C19H22N/c1-15-11-12-16(2)20(14-15)19-10-6-9-18(13-19)17-7-4-3-5-8-17/h3-9,13,15-16H,11-12,14H2,1-2H3. The maximum atomic E-state index is 3.43. The number of piperidine rings is 1. The van der Waals surface area contributed by atoms with Gasteiger partial charge in [-0.1, -0.05) is 49.4 Å². The summed E-state index contributed by atoms with van der Waals surface area (Å²) in [6, 6.07) is 21.1. The van der Waals surface area contributed by atoms with E-state index in [4.69, 9.17) is 0 Å². The van der Waals surface area contributed by atoms with Crippen molar-refractivity contribution in [3.63, 3.8) is 0 Å². The number of nitrogens with zero attached hydrogens (tertiary/aromatic N) is 1. The lowest BCUT2D eigenvalue weighted by atomic mass is 9.94. The van der Waals surface area contributed by atoms with Crippen LogP contribution in [0.15, 0.2) is 48.5 Å². The average molecular weight is 264 g/mol. The number of benzene rings is 2. The van der Waals surface area contributed by atoms with E-state index >= 15 is 0 Å². The molecule has 2 aromatic carbocycles. The van der Waals surface area contributed by atoms with E-state index in [0.29, 0.717) is 6.04 Å². The third-order valence-corrected chi connectivity index (χ3v) is 4.32. The van der Waals surface area contributed by atoms with Crippen molar-refractivity contribution in [1.82, 2.24) is 0 Å². The van der Waals surface area contributed by atoms with Crippen molar-refractivity contribution in [2.75, 3.05) is 11.4 Å². The molecule has 2 atom stereocenters. The van der Waals surface area contributed by atoms with Gasteiger partial charge in [0.25, 0.3) is 0 Å². The average Bonchev–Trinajstić information content (AvgIpc) is 2.51. The van der Waals surface area contributed by atoms with Crippen LogP contribution in [-0.2, 0) is 0 Å². The molecule has 1 aliphatic heterocycles. The Morgan fingerprint density at radius 3 is 2.60 bits per heavy atom. The smallest absolute Gasteiger partial charge is 0.0455 e. The van der Waals surface area contributed by atoms with Crippen LogP contribution in [0, 0.1) is 12.0 Å². The van der Waals surface area contributed by atoms with Crippen LogP contribution in [0.4, 0.5) is 5.69 Å². The normalized spacial score (nSPS) is 22.8. The van der Waals surface area contributed by atoms with E-state index in [1.807, 2.05) is 0 Å². The van der Waals surface area contributed by atoms with E-state index in [1.165, 1.54) is 29.7 Å². The molecule has 0 amide bonds. The first-order valence-corrected chi connectivity index (χ1v) is 7.58. The molecule has 2 unspecified atom stereocenters. The Morgan fingerprint density at radius 1 is 1.00 bits per heavy atom. The van der Waals surface area contributed by atoms with Crippen LogP contribution in [0.3, 0.4) is 0 Å². The van der Waals surface area contributed by atoms with Gasteiger partial charge in [-0.05, 0) is 42.9 Å². The monoisotopic (exact) mass is 264 g/mol. The van der Waals surface area contributed by atoms with Crippen LogP contribution >= 0.6 is 0 Å². The minimum absolute atomic E-state index is 0.619. The van der Waals surface area contributed by atoms with Crippen LogP contribution in [0.5, 0.6) is 0 Å². The molecule has 20 heavy (non-hydrogen) atoms. The molecule has 2 aromatic rings. The number of hydrogen-bond acceptors (Lipinski definition) is 1. The maximum Gasteiger partial charge on any atom is 0.0455 e. The molecule has 1 fully saturated rings. The largest absolute Gasteiger partial charge is 0.368 e. The van der Waals surface area contributed by atoms with Crippen molar-refractivity contribution in [2.45, 2.75) is 32.7 Å². The fraction of sp³-hybridized carbons (Fsp3) is 0.368. The highest BCUT2D eigenvalue weighted by Crippen LogP contribution is 2.30. The predicted molar refractivity (Wildman–Crippen MR) is 85.9 cm³/mol. The first kappa shape index (κ1) is 13.2. The molecular formula is C19H22N. The van der Waals surface area contributed by atoms with Crippen molar-refractivity contribution in [2.24, 2.45) is 5.92 Å². The molecule has 0 bridgehead atoms. The van der Waals surface area contributed by atoms with E-state index in [-0.39, 0.29) is 0 Å². The molecule has 1 saturated heterocycles. The first-order chi connectivity index (χ1) is 9.74. The van der Waals surface area contributed by atoms with E-state index in [2.05, 4.69) is 73.3 Å². The lowest BCUT2D eigenvalue weighted by molar-refractivity contribution is 0.390. The molecule has 1 nitrogen and oxygen atoms in total. The highest BCUT2D eigenvalue weighted by Gasteiger charge is 2.23. The van der Waals surface area contributed by atoms with Gasteiger partial charge in [-0.15, -0.1) is 0 Å². The van der Waals surface area contributed by atoms with E-state index in [1.54, 1.807) is 0 Å². The molecule has 0 aliphatic carbocycles. The van der Waals surface area contributed by atoms with E-state index < -0.39 is 0 Å². The van der Waals surface area contributed by atoms with Crippen molar-refractivity contribution >= 4 is 5.69 Å². The number of anilines is 1. The molecule has 0 spiro atoms. The Labute approximate surface area is 122 Å². The number of hydrogen-bond donors (Lipinski definition) is 0. The van der Waals surface area contributed by atoms with Crippen molar-refractivity contribution < 1.29 is 0 Å². The summed E-state index contributed by atoms with van der Waals surface area (Å²) >= 11 is 0. The molecule has 0 N–H and O–H groups in total. The van der Waals surface area contributed by atoms with Gasteiger partial charge < -0.3 is 4.90 Å². The molecular weight excluding hydrogens is 242 g/mol. The first-order valence-electron chi connectivity index (χ1n) is 7.58. The topological polar surface area (TPSA) is 3.24 Å². The molecule has 1 aliphatic rings. The molecule has 103 valence electrons. The molecule has 1 heteroatoms. The van der Waals surface area contributed by atoms with Crippen molar-refractivity contribution in [3.05, 3.63) is 54.6 Å². The highest BCUT2D eigenvalue weighted by molar-refractivity contribution is 5.68. The fourth-order valence-corrected chi connectivity index (χ4v) is 3.05. The van der Waals surface area contributed by atoms with E-state index in [0.717, 1.165) is 12.5 Å². The Balaban J connectivity index is 1.91. The summed E-state index contributed by atoms with van der Waals surface area (Å²) in [6.45, 7) is 5.82. The molecule has 0 saturated carbocycles. The minimum atomic E-state index is 0.619. The zero-order chi connectivity index (χ0) is 13.9.